The first-order chi connectivity index (χ1) is 8.54. The summed E-state index contributed by atoms with van der Waals surface area (Å²) in [5, 5.41) is 2.88. The van der Waals surface area contributed by atoms with Crippen molar-refractivity contribution in [1.29, 1.82) is 0 Å². The van der Waals surface area contributed by atoms with Gasteiger partial charge in [-0.3, -0.25) is 9.59 Å². The van der Waals surface area contributed by atoms with E-state index in [9.17, 15) is 9.59 Å². The first-order valence-corrected chi connectivity index (χ1v) is 7.15. The molecule has 1 heterocycles. The lowest BCUT2D eigenvalue weighted by molar-refractivity contribution is -0.154. The summed E-state index contributed by atoms with van der Waals surface area (Å²) in [6.07, 6.45) is 0. The van der Waals surface area contributed by atoms with Crippen LogP contribution in [0.25, 0.3) is 0 Å². The molecule has 0 aromatic carbocycles. The van der Waals surface area contributed by atoms with Crippen LogP contribution >= 0.6 is 0 Å². The molecule has 0 radical (unpaired) electrons. The molecule has 4 nitrogen and oxygen atoms in total. The van der Waals surface area contributed by atoms with Crippen molar-refractivity contribution >= 4 is 11.8 Å². The fourth-order valence-electron chi connectivity index (χ4n) is 2.56. The van der Waals surface area contributed by atoms with Gasteiger partial charge in [0.2, 0.25) is 11.8 Å². The Morgan fingerprint density at radius 1 is 1.11 bits per heavy atom. The third-order valence-corrected chi connectivity index (χ3v) is 3.39. The molecule has 1 N–H and O–H groups in total. The lowest BCUT2D eigenvalue weighted by Crippen LogP contribution is -2.67. The summed E-state index contributed by atoms with van der Waals surface area (Å²) >= 11 is 0. The highest BCUT2D eigenvalue weighted by atomic mass is 16.2. The molecule has 1 saturated heterocycles. The fourth-order valence-corrected chi connectivity index (χ4v) is 2.56. The van der Waals surface area contributed by atoms with Crippen LogP contribution in [0.3, 0.4) is 0 Å². The molecule has 2 atom stereocenters. The van der Waals surface area contributed by atoms with Crippen LogP contribution in [0.1, 0.15) is 48.5 Å². The number of hydrogen-bond donors (Lipinski definition) is 1. The maximum absolute atomic E-state index is 12.6. The third-order valence-electron chi connectivity index (χ3n) is 3.39. The van der Waals surface area contributed by atoms with Crippen LogP contribution < -0.4 is 5.32 Å². The van der Waals surface area contributed by atoms with Crippen molar-refractivity contribution in [3.05, 3.63) is 0 Å². The topological polar surface area (TPSA) is 49.4 Å². The molecule has 1 aliphatic rings. The average molecular weight is 268 g/mol. The van der Waals surface area contributed by atoms with Gasteiger partial charge in [0.25, 0.3) is 0 Å². The summed E-state index contributed by atoms with van der Waals surface area (Å²) in [7, 11) is 0. The molecule has 2 amide bonds. The van der Waals surface area contributed by atoms with E-state index in [0.29, 0.717) is 6.54 Å². The van der Waals surface area contributed by atoms with Gasteiger partial charge in [0.1, 0.15) is 12.1 Å². The van der Waals surface area contributed by atoms with Crippen LogP contribution in [0.4, 0.5) is 0 Å². The van der Waals surface area contributed by atoms with Gasteiger partial charge in [-0.05, 0) is 17.3 Å². The Bertz CT molecular complexity index is 356. The molecule has 1 aliphatic heterocycles. The summed E-state index contributed by atoms with van der Waals surface area (Å²) in [6, 6.07) is -0.730. The number of nitrogens with zero attached hydrogens (tertiary/aromatic N) is 1. The Hall–Kier alpha value is -1.06. The number of nitrogens with one attached hydrogen (secondary N) is 1. The molecular weight excluding hydrogens is 240 g/mol. The van der Waals surface area contributed by atoms with E-state index in [1.807, 2.05) is 27.7 Å². The Kier molecular flexibility index (Phi) is 4.64. The fraction of sp³-hybridized carbons (Fsp3) is 0.867. The van der Waals surface area contributed by atoms with Crippen LogP contribution in [0.2, 0.25) is 0 Å². The van der Waals surface area contributed by atoms with E-state index in [1.165, 1.54) is 0 Å². The zero-order valence-corrected chi connectivity index (χ0v) is 13.3. The van der Waals surface area contributed by atoms with Crippen molar-refractivity contribution < 1.29 is 9.59 Å². The number of hydrogen-bond acceptors (Lipinski definition) is 2. The van der Waals surface area contributed by atoms with Gasteiger partial charge in [0, 0.05) is 6.54 Å². The highest BCUT2D eigenvalue weighted by Gasteiger charge is 2.43. The van der Waals surface area contributed by atoms with Crippen molar-refractivity contribution in [2.45, 2.75) is 60.5 Å². The van der Waals surface area contributed by atoms with Crippen LogP contribution in [0.15, 0.2) is 0 Å². The van der Waals surface area contributed by atoms with E-state index in [2.05, 4.69) is 26.1 Å². The quantitative estimate of drug-likeness (QED) is 0.851. The van der Waals surface area contributed by atoms with Gasteiger partial charge in [-0.1, -0.05) is 48.5 Å². The maximum Gasteiger partial charge on any atom is 0.246 e. The molecule has 1 rings (SSSR count). The van der Waals surface area contributed by atoms with Crippen LogP contribution in [0, 0.1) is 17.3 Å². The van der Waals surface area contributed by atoms with Crippen LogP contribution in [-0.4, -0.2) is 35.3 Å². The van der Waals surface area contributed by atoms with Gasteiger partial charge in [-0.2, -0.15) is 0 Å². The molecule has 0 aromatic rings. The minimum atomic E-state index is -0.384. The van der Waals surface area contributed by atoms with Gasteiger partial charge >= 0.3 is 0 Å². The molecule has 19 heavy (non-hydrogen) atoms. The maximum atomic E-state index is 12.6. The third kappa shape index (κ3) is 3.71. The number of carbonyl (C=O) groups excluding carboxylic acids is 2. The lowest BCUT2D eigenvalue weighted by atomic mass is 9.88. The monoisotopic (exact) mass is 268 g/mol. The van der Waals surface area contributed by atoms with Crippen molar-refractivity contribution in [2.24, 2.45) is 17.3 Å². The Balaban J connectivity index is 3.07. The molecule has 4 heteroatoms. The van der Waals surface area contributed by atoms with Gasteiger partial charge in [-0.15, -0.1) is 0 Å². The summed E-state index contributed by atoms with van der Waals surface area (Å²) in [5.41, 5.74) is -0.0120. The predicted molar refractivity (Wildman–Crippen MR) is 76.6 cm³/mol. The first-order valence-electron chi connectivity index (χ1n) is 7.15. The number of piperazine rings is 1. The van der Waals surface area contributed by atoms with Crippen molar-refractivity contribution in [3.8, 4) is 0 Å². The Morgan fingerprint density at radius 3 is 2.00 bits per heavy atom. The standard InChI is InChI=1S/C15H28N2O2/c1-9(2)11-14(19)17(8-15(5,6)7)12(10(3)4)13(18)16-11/h9-12H,8H2,1-7H3,(H,16,18). The highest BCUT2D eigenvalue weighted by molar-refractivity contribution is 5.97. The predicted octanol–water partition coefficient (Wildman–Crippen LogP) is 2.04. The minimum Gasteiger partial charge on any atom is -0.342 e. The highest BCUT2D eigenvalue weighted by Crippen LogP contribution is 2.25. The molecule has 0 saturated carbocycles. The van der Waals surface area contributed by atoms with Crippen LogP contribution in [0.5, 0.6) is 0 Å². The summed E-state index contributed by atoms with van der Waals surface area (Å²) in [6.45, 7) is 14.8. The summed E-state index contributed by atoms with van der Waals surface area (Å²) < 4.78 is 0. The van der Waals surface area contributed by atoms with Gasteiger partial charge < -0.3 is 10.2 Å². The molecule has 0 spiro atoms. The molecular formula is C15H28N2O2. The van der Waals surface area contributed by atoms with E-state index >= 15 is 0 Å². The second kappa shape index (κ2) is 5.51. The summed E-state index contributed by atoms with van der Waals surface area (Å²) in [4.78, 5) is 26.7. The van der Waals surface area contributed by atoms with Crippen molar-refractivity contribution in [2.75, 3.05) is 6.54 Å². The van der Waals surface area contributed by atoms with E-state index in [0.717, 1.165) is 0 Å². The van der Waals surface area contributed by atoms with Gasteiger partial charge in [-0.25, -0.2) is 0 Å². The SMILES string of the molecule is CC(C)C1NC(=O)C(C(C)C)N(CC(C)(C)C)C1=O. The normalized spacial score (nSPS) is 25.2. The second-order valence-corrected chi connectivity index (χ2v) is 7.45. The molecule has 2 unspecified atom stereocenters. The largest absolute Gasteiger partial charge is 0.342 e. The van der Waals surface area contributed by atoms with Gasteiger partial charge in [0.05, 0.1) is 0 Å². The van der Waals surface area contributed by atoms with E-state index in [-0.39, 0.29) is 41.1 Å². The lowest BCUT2D eigenvalue weighted by Gasteiger charge is -2.44. The molecule has 110 valence electrons. The number of rotatable bonds is 3. The van der Waals surface area contributed by atoms with Crippen LogP contribution in [-0.2, 0) is 9.59 Å². The van der Waals surface area contributed by atoms with E-state index in [1.54, 1.807) is 4.90 Å². The van der Waals surface area contributed by atoms with E-state index < -0.39 is 0 Å². The smallest absolute Gasteiger partial charge is 0.246 e. The Labute approximate surface area is 116 Å². The zero-order chi connectivity index (χ0) is 15.0. The molecule has 1 fully saturated rings. The molecule has 0 aliphatic carbocycles. The van der Waals surface area contributed by atoms with Crippen molar-refractivity contribution in [3.63, 3.8) is 0 Å². The number of carbonyl (C=O) groups is 2. The Morgan fingerprint density at radius 2 is 1.63 bits per heavy atom. The van der Waals surface area contributed by atoms with Crippen molar-refractivity contribution in [1.82, 2.24) is 10.2 Å². The van der Waals surface area contributed by atoms with Gasteiger partial charge in [0.15, 0.2) is 0 Å². The first kappa shape index (κ1) is 16.0. The average Bonchev–Trinajstić information content (AvgIpc) is 2.19. The minimum absolute atomic E-state index is 0.0120. The molecule has 0 aromatic heterocycles. The second-order valence-electron chi connectivity index (χ2n) is 7.45. The summed E-state index contributed by atoms with van der Waals surface area (Å²) in [5.74, 6) is 0.284. The number of amides is 2. The molecule has 0 bridgehead atoms. The van der Waals surface area contributed by atoms with E-state index in [4.69, 9.17) is 0 Å². The zero-order valence-electron chi connectivity index (χ0n) is 13.3.